The second-order valence-corrected chi connectivity index (χ2v) is 5.19. The molecular weight excluding hydrogens is 321 g/mol. The number of fused-ring (bicyclic) bond motifs is 1. The fraction of sp³-hybridized carbons (Fsp3) is 0.125. The predicted molar refractivity (Wildman–Crippen MR) is 86.7 cm³/mol. The Morgan fingerprint density at radius 1 is 1.39 bits per heavy atom. The molecule has 2 N–H and O–H groups in total. The number of anilines is 2. The van der Waals surface area contributed by atoms with E-state index in [1.54, 1.807) is 31.3 Å². The zero-order chi connectivity index (χ0) is 16.4. The molecule has 0 spiro atoms. The number of halogens is 2. The number of esters is 1. The summed E-state index contributed by atoms with van der Waals surface area (Å²) in [5, 5.41) is 3.88. The second kappa shape index (κ2) is 6.26. The monoisotopic (exact) mass is 333 g/mol. The molecule has 0 fully saturated rings. The van der Waals surface area contributed by atoms with Crippen LogP contribution in [-0.2, 0) is 4.74 Å². The number of benzene rings is 1. The summed E-state index contributed by atoms with van der Waals surface area (Å²) in [6.07, 6.45) is 1.60. The summed E-state index contributed by atoms with van der Waals surface area (Å²) in [6.45, 7) is 2.03. The second-order valence-electron chi connectivity index (χ2n) is 4.78. The Morgan fingerprint density at radius 3 is 2.96 bits per heavy atom. The molecule has 0 aliphatic carbocycles. The topological polar surface area (TPSA) is 67.0 Å². The van der Waals surface area contributed by atoms with Gasteiger partial charge in [0.2, 0.25) is 0 Å². The van der Waals surface area contributed by atoms with Crippen LogP contribution in [0.15, 0.2) is 36.5 Å². The normalized spacial score (nSPS) is 10.7. The molecule has 3 rings (SSSR count). The number of aromatic amines is 1. The van der Waals surface area contributed by atoms with E-state index < -0.39 is 11.8 Å². The maximum absolute atomic E-state index is 13.2. The first kappa shape index (κ1) is 15.3. The number of nitrogens with zero attached hydrogens (tertiary/aromatic N) is 1. The molecular formula is C16H13ClFN3O2. The largest absolute Gasteiger partial charge is 0.461 e. The van der Waals surface area contributed by atoms with Gasteiger partial charge in [0.1, 0.15) is 17.2 Å². The molecule has 1 aromatic carbocycles. The standard InChI is InChI=1S/C16H13ClFN3O2/c1-2-23-16(22)14-8-10-13(5-6-19-15(10)21-14)20-9-3-4-12(18)11(17)7-9/h3-8H,2H2,1H3,(H2,19,20,21). The van der Waals surface area contributed by atoms with E-state index in [1.807, 2.05) is 0 Å². The summed E-state index contributed by atoms with van der Waals surface area (Å²) in [7, 11) is 0. The van der Waals surface area contributed by atoms with Crippen molar-refractivity contribution in [1.29, 1.82) is 0 Å². The molecule has 23 heavy (non-hydrogen) atoms. The highest BCUT2D eigenvalue weighted by atomic mass is 35.5. The number of aromatic nitrogens is 2. The van der Waals surface area contributed by atoms with Gasteiger partial charge in [0.25, 0.3) is 0 Å². The molecule has 0 saturated heterocycles. The van der Waals surface area contributed by atoms with Gasteiger partial charge >= 0.3 is 5.97 Å². The minimum atomic E-state index is -0.483. The van der Waals surface area contributed by atoms with Gasteiger partial charge in [-0.15, -0.1) is 0 Å². The van der Waals surface area contributed by atoms with Gasteiger partial charge in [-0.3, -0.25) is 0 Å². The molecule has 0 unspecified atom stereocenters. The molecule has 0 atom stereocenters. The van der Waals surface area contributed by atoms with Gasteiger partial charge in [-0.2, -0.15) is 0 Å². The highest BCUT2D eigenvalue weighted by Crippen LogP contribution is 2.28. The molecule has 0 aliphatic heterocycles. The van der Waals surface area contributed by atoms with Crippen molar-refractivity contribution < 1.29 is 13.9 Å². The highest BCUT2D eigenvalue weighted by Gasteiger charge is 2.13. The van der Waals surface area contributed by atoms with E-state index in [4.69, 9.17) is 16.3 Å². The van der Waals surface area contributed by atoms with E-state index in [0.717, 1.165) is 5.39 Å². The van der Waals surface area contributed by atoms with Crippen LogP contribution in [0, 0.1) is 5.82 Å². The van der Waals surface area contributed by atoms with Gasteiger partial charge in [0, 0.05) is 17.3 Å². The van der Waals surface area contributed by atoms with E-state index in [2.05, 4.69) is 15.3 Å². The molecule has 0 radical (unpaired) electrons. The van der Waals surface area contributed by atoms with Crippen molar-refractivity contribution >= 4 is 40.0 Å². The lowest BCUT2D eigenvalue weighted by Crippen LogP contribution is -2.04. The third kappa shape index (κ3) is 3.12. The van der Waals surface area contributed by atoms with Gasteiger partial charge in [0.05, 0.1) is 17.3 Å². The summed E-state index contributed by atoms with van der Waals surface area (Å²) >= 11 is 5.78. The first-order chi connectivity index (χ1) is 11.1. The number of ether oxygens (including phenoxy) is 1. The quantitative estimate of drug-likeness (QED) is 0.699. The van der Waals surface area contributed by atoms with Crippen molar-refractivity contribution in [2.45, 2.75) is 6.92 Å². The molecule has 5 nitrogen and oxygen atoms in total. The Balaban J connectivity index is 1.97. The fourth-order valence-corrected chi connectivity index (χ4v) is 2.36. The number of hydrogen-bond donors (Lipinski definition) is 2. The number of carbonyl (C=O) groups excluding carboxylic acids is 1. The van der Waals surface area contributed by atoms with Gasteiger partial charge in [-0.1, -0.05) is 11.6 Å². The first-order valence-corrected chi connectivity index (χ1v) is 7.33. The Morgan fingerprint density at radius 2 is 2.22 bits per heavy atom. The maximum atomic E-state index is 13.2. The first-order valence-electron chi connectivity index (χ1n) is 6.95. The average Bonchev–Trinajstić information content (AvgIpc) is 2.96. The van der Waals surface area contributed by atoms with Crippen LogP contribution in [0.25, 0.3) is 11.0 Å². The molecule has 2 heterocycles. The number of rotatable bonds is 4. The number of pyridine rings is 1. The Bertz CT molecular complexity index is 879. The lowest BCUT2D eigenvalue weighted by atomic mass is 10.2. The lowest BCUT2D eigenvalue weighted by molar-refractivity contribution is 0.0520. The zero-order valence-electron chi connectivity index (χ0n) is 12.2. The third-order valence-electron chi connectivity index (χ3n) is 3.23. The van der Waals surface area contributed by atoms with Crippen molar-refractivity contribution in [2.75, 3.05) is 11.9 Å². The van der Waals surface area contributed by atoms with Crippen LogP contribution in [-0.4, -0.2) is 22.5 Å². The van der Waals surface area contributed by atoms with E-state index in [-0.39, 0.29) is 5.02 Å². The molecule has 0 bridgehead atoms. The summed E-state index contributed by atoms with van der Waals surface area (Å²) in [5.74, 6) is -0.926. The smallest absolute Gasteiger partial charge is 0.354 e. The molecule has 2 aromatic heterocycles. The molecule has 3 aromatic rings. The Hall–Kier alpha value is -2.60. The van der Waals surface area contributed by atoms with Gasteiger partial charge in [-0.25, -0.2) is 14.2 Å². The van der Waals surface area contributed by atoms with Crippen LogP contribution in [0.4, 0.5) is 15.8 Å². The van der Waals surface area contributed by atoms with Gasteiger partial charge in [0.15, 0.2) is 0 Å². The Labute approximate surface area is 136 Å². The maximum Gasteiger partial charge on any atom is 0.354 e. The van der Waals surface area contributed by atoms with Crippen molar-refractivity contribution in [1.82, 2.24) is 9.97 Å². The van der Waals surface area contributed by atoms with Gasteiger partial charge in [-0.05, 0) is 37.3 Å². The minimum Gasteiger partial charge on any atom is -0.461 e. The summed E-state index contributed by atoms with van der Waals surface area (Å²) in [4.78, 5) is 18.9. The summed E-state index contributed by atoms with van der Waals surface area (Å²) < 4.78 is 18.2. The number of hydrogen-bond acceptors (Lipinski definition) is 4. The van der Waals surface area contributed by atoms with Crippen LogP contribution < -0.4 is 5.32 Å². The van der Waals surface area contributed by atoms with E-state index >= 15 is 0 Å². The molecule has 0 aliphatic rings. The van der Waals surface area contributed by atoms with E-state index in [1.165, 1.54) is 12.1 Å². The molecule has 118 valence electrons. The fourth-order valence-electron chi connectivity index (χ4n) is 2.18. The van der Waals surface area contributed by atoms with E-state index in [9.17, 15) is 9.18 Å². The Kier molecular flexibility index (Phi) is 4.16. The highest BCUT2D eigenvalue weighted by molar-refractivity contribution is 6.31. The average molecular weight is 334 g/mol. The van der Waals surface area contributed by atoms with Crippen LogP contribution in [0.2, 0.25) is 5.02 Å². The third-order valence-corrected chi connectivity index (χ3v) is 3.52. The minimum absolute atomic E-state index is 0.0292. The van der Waals surface area contributed by atoms with Crippen molar-refractivity contribution in [3.05, 3.63) is 53.1 Å². The van der Waals surface area contributed by atoms with Crippen molar-refractivity contribution in [3.8, 4) is 0 Å². The van der Waals surface area contributed by atoms with Gasteiger partial charge < -0.3 is 15.0 Å². The van der Waals surface area contributed by atoms with Crippen LogP contribution in [0.3, 0.4) is 0 Å². The number of H-pyrrole nitrogens is 1. The van der Waals surface area contributed by atoms with Crippen molar-refractivity contribution in [3.63, 3.8) is 0 Å². The molecule has 7 heteroatoms. The van der Waals surface area contributed by atoms with Crippen LogP contribution >= 0.6 is 11.6 Å². The van der Waals surface area contributed by atoms with Crippen LogP contribution in [0.5, 0.6) is 0 Å². The lowest BCUT2D eigenvalue weighted by Gasteiger charge is -2.08. The van der Waals surface area contributed by atoms with E-state index in [0.29, 0.717) is 29.3 Å². The van der Waals surface area contributed by atoms with Crippen LogP contribution in [0.1, 0.15) is 17.4 Å². The number of nitrogens with one attached hydrogen (secondary N) is 2. The molecule has 0 amide bonds. The predicted octanol–water partition coefficient (Wildman–Crippen LogP) is 4.28. The molecule has 0 saturated carbocycles. The van der Waals surface area contributed by atoms with Crippen molar-refractivity contribution in [2.24, 2.45) is 0 Å². The SMILES string of the molecule is CCOC(=O)c1cc2c(Nc3ccc(F)c(Cl)c3)ccnc2[nH]1. The zero-order valence-corrected chi connectivity index (χ0v) is 12.9. The summed E-state index contributed by atoms with van der Waals surface area (Å²) in [6, 6.07) is 7.76. The summed E-state index contributed by atoms with van der Waals surface area (Å²) in [5.41, 5.74) is 2.21. The number of carbonyl (C=O) groups is 1.